The molecule has 206 valence electrons. The molecule has 1 unspecified atom stereocenters. The Labute approximate surface area is 212 Å². The second-order valence-corrected chi connectivity index (χ2v) is 9.66. The number of hydrogen-bond donors (Lipinski definition) is 5. The van der Waals surface area contributed by atoms with Crippen LogP contribution in [0.4, 0.5) is 0 Å². The Hall–Kier alpha value is -1.67. The summed E-state index contributed by atoms with van der Waals surface area (Å²) < 4.78 is 0. The molecule has 1 amide bonds. The first-order valence-corrected chi connectivity index (χ1v) is 14.0. The first kappa shape index (κ1) is 33.3. The zero-order valence-electron chi connectivity index (χ0n) is 22.1. The maximum absolute atomic E-state index is 12.0. The lowest BCUT2D eigenvalue weighted by Crippen LogP contribution is -2.42. The van der Waals surface area contributed by atoms with Crippen LogP contribution in [-0.4, -0.2) is 52.0 Å². The average molecular weight is 501 g/mol. The third-order valence-corrected chi connectivity index (χ3v) is 6.35. The minimum absolute atomic E-state index is 0.200. The summed E-state index contributed by atoms with van der Waals surface area (Å²) in [5.74, 6) is -1.98. The van der Waals surface area contributed by atoms with Crippen molar-refractivity contribution >= 4 is 17.8 Å². The topological polar surface area (TPSA) is 136 Å². The van der Waals surface area contributed by atoms with Gasteiger partial charge in [-0.15, -0.1) is 0 Å². The fourth-order valence-electron chi connectivity index (χ4n) is 4.22. The summed E-state index contributed by atoms with van der Waals surface area (Å²) >= 11 is 0. The second-order valence-electron chi connectivity index (χ2n) is 9.66. The van der Waals surface area contributed by atoms with Crippen LogP contribution in [0.15, 0.2) is 0 Å². The molecule has 0 saturated carbocycles. The Morgan fingerprint density at radius 3 is 1.40 bits per heavy atom. The van der Waals surface area contributed by atoms with E-state index in [1.807, 2.05) is 6.92 Å². The van der Waals surface area contributed by atoms with E-state index in [0.29, 0.717) is 19.4 Å². The van der Waals surface area contributed by atoms with E-state index in [2.05, 4.69) is 10.6 Å². The lowest BCUT2D eigenvalue weighted by molar-refractivity contribution is -0.142. The van der Waals surface area contributed by atoms with Gasteiger partial charge in [0.25, 0.3) is 0 Å². The molecule has 0 fully saturated rings. The highest BCUT2D eigenvalue weighted by molar-refractivity contribution is 5.83. The van der Waals surface area contributed by atoms with E-state index in [9.17, 15) is 24.6 Å². The molecule has 0 bridgehead atoms. The van der Waals surface area contributed by atoms with Crippen molar-refractivity contribution in [3.8, 4) is 0 Å². The number of nitrogens with one attached hydrogen (secondary N) is 2. The van der Waals surface area contributed by atoms with Gasteiger partial charge in [-0.25, -0.2) is 4.79 Å². The Morgan fingerprint density at radius 2 is 1.03 bits per heavy atom. The Morgan fingerprint density at radius 1 is 0.629 bits per heavy atom. The van der Waals surface area contributed by atoms with Crippen LogP contribution in [0.5, 0.6) is 0 Å². The average Bonchev–Trinajstić information content (AvgIpc) is 2.80. The molecule has 8 heteroatoms. The molecule has 0 aromatic heterocycles. The number of unbranched alkanes of at least 4 members (excludes halogenated alkanes) is 15. The molecule has 35 heavy (non-hydrogen) atoms. The van der Waals surface area contributed by atoms with Gasteiger partial charge in [0, 0.05) is 12.8 Å². The molecule has 8 nitrogen and oxygen atoms in total. The second kappa shape index (κ2) is 24.0. The van der Waals surface area contributed by atoms with Crippen molar-refractivity contribution in [3.05, 3.63) is 0 Å². The van der Waals surface area contributed by atoms with E-state index in [-0.39, 0.29) is 18.7 Å². The Kier molecular flexibility index (Phi) is 22.9. The lowest BCUT2D eigenvalue weighted by Gasteiger charge is -2.17. The summed E-state index contributed by atoms with van der Waals surface area (Å²) in [4.78, 5) is 33.8. The van der Waals surface area contributed by atoms with Crippen molar-refractivity contribution in [1.82, 2.24) is 10.6 Å². The largest absolute Gasteiger partial charge is 0.481 e. The summed E-state index contributed by atoms with van der Waals surface area (Å²) in [6, 6.07) is -0.953. The van der Waals surface area contributed by atoms with Gasteiger partial charge in [-0.05, 0) is 32.2 Å². The molecular formula is C27H52N2O6. The number of aliphatic carboxylic acids is 2. The Balaban J connectivity index is 3.46. The Bertz CT molecular complexity index is 544. The first-order chi connectivity index (χ1) is 16.9. The smallest absolute Gasteiger partial charge is 0.326 e. The van der Waals surface area contributed by atoms with Gasteiger partial charge in [0.2, 0.25) is 5.91 Å². The van der Waals surface area contributed by atoms with Crippen LogP contribution >= 0.6 is 0 Å². The molecule has 2 atom stereocenters. The van der Waals surface area contributed by atoms with Gasteiger partial charge < -0.3 is 20.6 Å². The van der Waals surface area contributed by atoms with Crippen LogP contribution in [-0.2, 0) is 14.4 Å². The van der Waals surface area contributed by atoms with Gasteiger partial charge in [0.15, 0.2) is 0 Å². The molecule has 0 aliphatic heterocycles. The molecule has 0 radical (unpaired) electrons. The molecule has 0 aliphatic carbocycles. The first-order valence-electron chi connectivity index (χ1n) is 14.0. The predicted octanol–water partition coefficient (Wildman–Crippen LogP) is 5.37. The monoisotopic (exact) mass is 500 g/mol. The molecule has 0 rings (SSSR count). The molecule has 0 heterocycles. The van der Waals surface area contributed by atoms with Crippen LogP contribution in [0.1, 0.15) is 135 Å². The predicted molar refractivity (Wildman–Crippen MR) is 139 cm³/mol. The van der Waals surface area contributed by atoms with Crippen LogP contribution < -0.4 is 10.6 Å². The molecule has 0 aliphatic rings. The van der Waals surface area contributed by atoms with Crippen molar-refractivity contribution in [3.63, 3.8) is 0 Å². The minimum atomic E-state index is -1.06. The molecular weight excluding hydrogens is 448 g/mol. The standard InChI is InChI=1S/C27H52N2O6/c1-2-28-24(30)22-21-23(27(34)35)29-25(31)19-17-15-13-11-9-7-5-3-4-6-8-10-12-14-16-18-20-26(32)33/h23-24,28,30H,2-22H2,1H3,(H,29,31)(H,32,33)(H,34,35)/t23-,24?/m0/s1. The zero-order valence-corrected chi connectivity index (χ0v) is 22.1. The van der Waals surface area contributed by atoms with E-state index in [1.54, 1.807) is 0 Å². The van der Waals surface area contributed by atoms with E-state index >= 15 is 0 Å². The number of carbonyl (C=O) groups excluding carboxylic acids is 1. The maximum atomic E-state index is 12.0. The third-order valence-electron chi connectivity index (χ3n) is 6.35. The summed E-state index contributed by atoms with van der Waals surface area (Å²) in [5.41, 5.74) is 0. The van der Waals surface area contributed by atoms with Gasteiger partial charge in [-0.3, -0.25) is 14.9 Å². The van der Waals surface area contributed by atoms with Gasteiger partial charge >= 0.3 is 11.9 Å². The number of aliphatic hydroxyl groups is 1. The number of carboxylic acid groups (broad SMARTS) is 2. The fourth-order valence-corrected chi connectivity index (χ4v) is 4.22. The number of carboxylic acids is 2. The number of amides is 1. The van der Waals surface area contributed by atoms with Crippen LogP contribution in [0.2, 0.25) is 0 Å². The SMILES string of the molecule is CCNC(O)CC[C@H](NC(=O)CCCCCCCCCCCCCCCCCCC(=O)O)C(=O)O. The number of carbonyl (C=O) groups is 3. The summed E-state index contributed by atoms with van der Waals surface area (Å²) in [5, 5.41) is 32.9. The summed E-state index contributed by atoms with van der Waals surface area (Å²) in [7, 11) is 0. The molecule has 0 spiro atoms. The van der Waals surface area contributed by atoms with Crippen LogP contribution in [0.3, 0.4) is 0 Å². The van der Waals surface area contributed by atoms with Crippen LogP contribution in [0, 0.1) is 0 Å². The van der Waals surface area contributed by atoms with Crippen molar-refractivity contribution < 1.29 is 29.7 Å². The summed E-state index contributed by atoms with van der Waals surface area (Å²) in [6.45, 7) is 2.47. The van der Waals surface area contributed by atoms with Gasteiger partial charge in [0.1, 0.15) is 12.3 Å². The van der Waals surface area contributed by atoms with Gasteiger partial charge in [-0.1, -0.05) is 96.8 Å². The normalized spacial score (nSPS) is 12.9. The number of rotatable bonds is 26. The molecule has 0 saturated heterocycles. The lowest BCUT2D eigenvalue weighted by atomic mass is 10.0. The molecule has 0 aromatic carbocycles. The highest BCUT2D eigenvalue weighted by Gasteiger charge is 2.20. The van der Waals surface area contributed by atoms with E-state index in [4.69, 9.17) is 5.11 Å². The van der Waals surface area contributed by atoms with Crippen LogP contribution in [0.25, 0.3) is 0 Å². The quantitative estimate of drug-likeness (QED) is 0.0795. The van der Waals surface area contributed by atoms with E-state index < -0.39 is 24.2 Å². The molecule has 5 N–H and O–H groups in total. The third kappa shape index (κ3) is 23.8. The van der Waals surface area contributed by atoms with Crippen molar-refractivity contribution in [2.24, 2.45) is 0 Å². The fraction of sp³-hybridized carbons (Fsp3) is 0.889. The van der Waals surface area contributed by atoms with Crippen molar-refractivity contribution in [1.29, 1.82) is 0 Å². The van der Waals surface area contributed by atoms with Crippen molar-refractivity contribution in [2.75, 3.05) is 6.54 Å². The van der Waals surface area contributed by atoms with Crippen molar-refractivity contribution in [2.45, 2.75) is 148 Å². The van der Waals surface area contributed by atoms with E-state index in [0.717, 1.165) is 38.5 Å². The highest BCUT2D eigenvalue weighted by atomic mass is 16.4. The minimum Gasteiger partial charge on any atom is -0.481 e. The molecule has 0 aromatic rings. The van der Waals surface area contributed by atoms with Gasteiger partial charge in [0.05, 0.1) is 0 Å². The maximum Gasteiger partial charge on any atom is 0.326 e. The number of hydrogen-bond acceptors (Lipinski definition) is 5. The summed E-state index contributed by atoms with van der Waals surface area (Å²) in [6.07, 6.45) is 18.9. The highest BCUT2D eigenvalue weighted by Crippen LogP contribution is 2.14. The zero-order chi connectivity index (χ0) is 26.2. The van der Waals surface area contributed by atoms with E-state index in [1.165, 1.54) is 64.2 Å². The van der Waals surface area contributed by atoms with Gasteiger partial charge in [-0.2, -0.15) is 0 Å². The number of aliphatic hydroxyl groups excluding tert-OH is 1.